The molecule has 0 spiro atoms. The summed E-state index contributed by atoms with van der Waals surface area (Å²) in [6, 6.07) is 21.7. The number of aromatic hydroxyl groups is 1. The highest BCUT2D eigenvalue weighted by atomic mass is 16.5. The second-order valence-corrected chi connectivity index (χ2v) is 8.45. The normalized spacial score (nSPS) is 13.0. The summed E-state index contributed by atoms with van der Waals surface area (Å²) in [5, 5.41) is 24.6. The summed E-state index contributed by atoms with van der Waals surface area (Å²) < 4.78 is 10.6. The van der Waals surface area contributed by atoms with E-state index < -0.39 is 36.2 Å². The Kier molecular flexibility index (Phi) is 10.0. The topological polar surface area (TPSA) is 134 Å². The minimum absolute atomic E-state index is 0.00547. The zero-order chi connectivity index (χ0) is 26.6. The summed E-state index contributed by atoms with van der Waals surface area (Å²) >= 11 is 0. The predicted molar refractivity (Wildman–Crippen MR) is 135 cm³/mol. The maximum absolute atomic E-state index is 13.0. The van der Waals surface area contributed by atoms with Crippen LogP contribution in [0.1, 0.15) is 23.6 Å². The summed E-state index contributed by atoms with van der Waals surface area (Å²) in [5.74, 6) is -1.42. The van der Waals surface area contributed by atoms with Crippen molar-refractivity contribution in [3.63, 3.8) is 0 Å². The molecule has 3 atom stereocenters. The molecule has 0 unspecified atom stereocenters. The van der Waals surface area contributed by atoms with Crippen molar-refractivity contribution in [3.05, 3.63) is 102 Å². The number of amides is 2. The fourth-order valence-electron chi connectivity index (χ4n) is 3.45. The zero-order valence-corrected chi connectivity index (χ0v) is 20.4. The number of phenolic OH excluding ortho intramolecular Hbond substituents is 1. The van der Waals surface area contributed by atoms with Crippen molar-refractivity contribution in [1.29, 1.82) is 0 Å². The Morgan fingerprint density at radius 3 is 1.84 bits per heavy atom. The third-order valence-corrected chi connectivity index (χ3v) is 5.45. The van der Waals surface area contributed by atoms with Gasteiger partial charge in [-0.1, -0.05) is 72.8 Å². The average molecular weight is 507 g/mol. The van der Waals surface area contributed by atoms with Gasteiger partial charge in [0.05, 0.1) is 6.10 Å². The van der Waals surface area contributed by atoms with Crippen molar-refractivity contribution in [2.24, 2.45) is 0 Å². The third kappa shape index (κ3) is 8.97. The van der Waals surface area contributed by atoms with Gasteiger partial charge in [-0.3, -0.25) is 4.79 Å². The molecule has 37 heavy (non-hydrogen) atoms. The van der Waals surface area contributed by atoms with Crippen LogP contribution in [0.15, 0.2) is 84.9 Å². The van der Waals surface area contributed by atoms with Crippen LogP contribution in [-0.2, 0) is 38.7 Å². The Bertz CT molecular complexity index is 1150. The van der Waals surface area contributed by atoms with Crippen LogP contribution < -0.4 is 10.6 Å². The first-order valence-corrected chi connectivity index (χ1v) is 11.8. The lowest BCUT2D eigenvalue weighted by molar-refractivity contribution is -0.149. The molecule has 194 valence electrons. The molecule has 2 amide bonds. The fourth-order valence-corrected chi connectivity index (χ4v) is 3.45. The number of hydrogen-bond donors (Lipinski definition) is 4. The number of carbonyl (C=O) groups is 3. The van der Waals surface area contributed by atoms with Gasteiger partial charge in [-0.05, 0) is 35.7 Å². The Balaban J connectivity index is 1.66. The van der Waals surface area contributed by atoms with E-state index >= 15 is 0 Å². The molecule has 0 saturated carbocycles. The molecule has 0 aliphatic heterocycles. The molecule has 4 N–H and O–H groups in total. The smallest absolute Gasteiger partial charge is 0.408 e. The van der Waals surface area contributed by atoms with E-state index in [-0.39, 0.29) is 25.4 Å². The van der Waals surface area contributed by atoms with Gasteiger partial charge >= 0.3 is 12.1 Å². The van der Waals surface area contributed by atoms with E-state index in [2.05, 4.69) is 10.6 Å². The van der Waals surface area contributed by atoms with Crippen molar-refractivity contribution < 1.29 is 34.1 Å². The SMILES string of the molecule is C[C@H](O)[C@@H](NC(=O)OCc1ccccc1)C(=O)N[C@H](Cc1ccc(O)cc1)C(=O)OCc1ccccc1. The zero-order valence-electron chi connectivity index (χ0n) is 20.4. The number of carbonyl (C=O) groups excluding carboxylic acids is 3. The number of ether oxygens (including phenoxy) is 2. The molecule has 9 heteroatoms. The van der Waals surface area contributed by atoms with Crippen LogP contribution in [0, 0.1) is 0 Å². The number of benzene rings is 3. The molecule has 0 aliphatic rings. The average Bonchev–Trinajstić information content (AvgIpc) is 2.91. The van der Waals surface area contributed by atoms with E-state index in [0.29, 0.717) is 5.56 Å². The van der Waals surface area contributed by atoms with Crippen molar-refractivity contribution in [3.8, 4) is 5.75 Å². The molecule has 3 rings (SSSR count). The monoisotopic (exact) mass is 506 g/mol. The van der Waals surface area contributed by atoms with Crippen LogP contribution in [0.4, 0.5) is 4.79 Å². The summed E-state index contributed by atoms with van der Waals surface area (Å²) in [4.78, 5) is 38.3. The molecule has 0 bridgehead atoms. The summed E-state index contributed by atoms with van der Waals surface area (Å²) in [7, 11) is 0. The molecule has 3 aromatic rings. The number of aliphatic hydroxyl groups excluding tert-OH is 1. The highest BCUT2D eigenvalue weighted by Crippen LogP contribution is 2.13. The van der Waals surface area contributed by atoms with Crippen LogP contribution in [0.2, 0.25) is 0 Å². The van der Waals surface area contributed by atoms with Crippen LogP contribution in [0.25, 0.3) is 0 Å². The molecule has 9 nitrogen and oxygen atoms in total. The first-order valence-electron chi connectivity index (χ1n) is 11.8. The van der Waals surface area contributed by atoms with Gasteiger partial charge < -0.3 is 30.3 Å². The van der Waals surface area contributed by atoms with Gasteiger partial charge in [0.1, 0.15) is 31.0 Å². The van der Waals surface area contributed by atoms with Crippen molar-refractivity contribution in [1.82, 2.24) is 10.6 Å². The van der Waals surface area contributed by atoms with Gasteiger partial charge in [0.15, 0.2) is 0 Å². The van der Waals surface area contributed by atoms with Crippen LogP contribution in [0.3, 0.4) is 0 Å². The molecule has 0 radical (unpaired) electrons. The van der Waals surface area contributed by atoms with Gasteiger partial charge in [-0.15, -0.1) is 0 Å². The number of alkyl carbamates (subject to hydrolysis) is 1. The van der Waals surface area contributed by atoms with E-state index in [1.807, 2.05) is 24.3 Å². The molecule has 3 aromatic carbocycles. The maximum Gasteiger partial charge on any atom is 0.408 e. The predicted octanol–water partition coefficient (Wildman–Crippen LogP) is 2.84. The second kappa shape index (κ2) is 13.6. The third-order valence-electron chi connectivity index (χ3n) is 5.45. The van der Waals surface area contributed by atoms with E-state index in [1.165, 1.54) is 19.1 Å². The Morgan fingerprint density at radius 1 is 0.757 bits per heavy atom. The highest BCUT2D eigenvalue weighted by molar-refractivity contribution is 5.90. The van der Waals surface area contributed by atoms with Gasteiger partial charge in [0.2, 0.25) is 5.91 Å². The van der Waals surface area contributed by atoms with Crippen LogP contribution in [-0.4, -0.2) is 46.4 Å². The largest absolute Gasteiger partial charge is 0.508 e. The van der Waals surface area contributed by atoms with E-state index in [9.17, 15) is 24.6 Å². The number of esters is 1. The van der Waals surface area contributed by atoms with Crippen LogP contribution in [0.5, 0.6) is 5.75 Å². The van der Waals surface area contributed by atoms with Crippen LogP contribution >= 0.6 is 0 Å². The maximum atomic E-state index is 13.0. The minimum Gasteiger partial charge on any atom is -0.508 e. The Labute approximate surface area is 215 Å². The molecule has 0 saturated heterocycles. The van der Waals surface area contributed by atoms with Gasteiger partial charge in [-0.25, -0.2) is 9.59 Å². The molecule has 0 fully saturated rings. The lowest BCUT2D eigenvalue weighted by atomic mass is 10.0. The lowest BCUT2D eigenvalue weighted by Crippen LogP contribution is -2.56. The van der Waals surface area contributed by atoms with Gasteiger partial charge in [-0.2, -0.15) is 0 Å². The van der Waals surface area contributed by atoms with Gasteiger partial charge in [0, 0.05) is 6.42 Å². The molecule has 0 aromatic heterocycles. The number of nitrogens with one attached hydrogen (secondary N) is 2. The summed E-state index contributed by atoms with van der Waals surface area (Å²) in [5.41, 5.74) is 2.18. The van der Waals surface area contributed by atoms with Crippen molar-refractivity contribution in [2.45, 2.75) is 44.7 Å². The molecule has 0 aliphatic carbocycles. The van der Waals surface area contributed by atoms with E-state index in [4.69, 9.17) is 9.47 Å². The quantitative estimate of drug-likeness (QED) is 0.294. The summed E-state index contributed by atoms with van der Waals surface area (Å²) in [6.45, 7) is 1.33. The number of rotatable bonds is 11. The minimum atomic E-state index is -1.38. The first-order chi connectivity index (χ1) is 17.8. The van der Waals surface area contributed by atoms with Gasteiger partial charge in [0.25, 0.3) is 0 Å². The Hall–Kier alpha value is -4.37. The molecular weight excluding hydrogens is 476 g/mol. The second-order valence-electron chi connectivity index (χ2n) is 8.45. The molecule has 0 heterocycles. The van der Waals surface area contributed by atoms with Crippen molar-refractivity contribution >= 4 is 18.0 Å². The highest BCUT2D eigenvalue weighted by Gasteiger charge is 2.31. The number of phenols is 1. The Morgan fingerprint density at radius 2 is 1.30 bits per heavy atom. The summed E-state index contributed by atoms with van der Waals surface area (Å²) in [6.07, 6.45) is -2.12. The number of aliphatic hydroxyl groups is 1. The van der Waals surface area contributed by atoms with Crippen molar-refractivity contribution in [2.75, 3.05) is 0 Å². The molecular formula is C28H30N2O7. The lowest BCUT2D eigenvalue weighted by Gasteiger charge is -2.24. The number of hydrogen-bond acceptors (Lipinski definition) is 7. The first kappa shape index (κ1) is 27.2. The fraction of sp³-hybridized carbons (Fsp3) is 0.250. The standard InChI is InChI=1S/C28H30N2O7/c1-19(31)25(30-28(35)37-18-22-10-6-3-7-11-22)26(33)29-24(16-20-12-14-23(32)15-13-20)27(34)36-17-21-8-4-2-5-9-21/h2-15,19,24-25,31-32H,16-18H2,1H3,(H,29,33)(H,30,35)/t19-,24+,25+/m0/s1. The van der Waals surface area contributed by atoms with E-state index in [1.54, 1.807) is 48.5 Å². The van der Waals surface area contributed by atoms with E-state index in [0.717, 1.165) is 11.1 Å².